The van der Waals surface area contributed by atoms with E-state index in [4.69, 9.17) is 35.3 Å². The average molecular weight is 426 g/mol. The highest BCUT2D eigenvalue weighted by molar-refractivity contribution is 6.17. The third-order valence-electron chi connectivity index (χ3n) is 3.49. The maximum atomic E-state index is 11.4. The molecule has 0 unspecified atom stereocenters. The summed E-state index contributed by atoms with van der Waals surface area (Å²) in [6, 6.07) is 0. The number of hydrogen-bond acceptors (Lipinski definition) is 7. The minimum absolute atomic E-state index is 0.101. The maximum absolute atomic E-state index is 11.4. The first-order valence-electron chi connectivity index (χ1n) is 9.93. The van der Waals surface area contributed by atoms with Crippen molar-refractivity contribution in [2.24, 2.45) is 0 Å². The molecular weight excluding hydrogens is 390 g/mol. The third kappa shape index (κ3) is 23.1. The fourth-order valence-corrected chi connectivity index (χ4v) is 2.17. The van der Waals surface area contributed by atoms with E-state index in [-0.39, 0.29) is 12.4 Å². The van der Waals surface area contributed by atoms with Crippen molar-refractivity contribution in [3.63, 3.8) is 0 Å². The molecule has 0 aliphatic rings. The Labute approximate surface area is 173 Å². The largest absolute Gasteiger partial charge is 0.447 e. The molecule has 0 rings (SSSR count). The zero-order chi connectivity index (χ0) is 20.7. The van der Waals surface area contributed by atoms with Gasteiger partial charge in [-0.2, -0.15) is 0 Å². The van der Waals surface area contributed by atoms with Crippen LogP contribution in [-0.4, -0.2) is 83.8 Å². The van der Waals surface area contributed by atoms with E-state index in [1.165, 1.54) is 6.92 Å². The first-order valence-corrected chi connectivity index (χ1v) is 10.5. The van der Waals surface area contributed by atoms with Crippen LogP contribution in [0.2, 0.25) is 0 Å². The second-order valence-corrected chi connectivity index (χ2v) is 6.45. The Balaban J connectivity index is 3.16. The number of alkyl carbamates (subject to hydrolysis) is 1. The lowest BCUT2D eigenvalue weighted by molar-refractivity contribution is -0.118. The van der Waals surface area contributed by atoms with Crippen LogP contribution >= 0.6 is 11.6 Å². The molecule has 0 saturated carbocycles. The van der Waals surface area contributed by atoms with Crippen LogP contribution in [0.4, 0.5) is 4.79 Å². The number of rotatable bonds is 21. The van der Waals surface area contributed by atoms with Gasteiger partial charge < -0.3 is 29.0 Å². The number of ether oxygens (including phenoxy) is 5. The van der Waals surface area contributed by atoms with Crippen LogP contribution in [0.3, 0.4) is 0 Å². The Morgan fingerprint density at radius 3 is 1.96 bits per heavy atom. The molecule has 0 aromatic carbocycles. The molecule has 28 heavy (non-hydrogen) atoms. The van der Waals surface area contributed by atoms with Crippen molar-refractivity contribution in [1.82, 2.24) is 5.32 Å². The van der Waals surface area contributed by atoms with Gasteiger partial charge in [-0.15, -0.1) is 11.6 Å². The molecule has 0 aromatic heterocycles. The zero-order valence-corrected chi connectivity index (χ0v) is 17.8. The smallest absolute Gasteiger partial charge is 0.407 e. The van der Waals surface area contributed by atoms with Crippen LogP contribution < -0.4 is 5.32 Å². The molecular formula is C19H36ClNO7. The summed E-state index contributed by atoms with van der Waals surface area (Å²) in [6.45, 7) is 5.77. The summed E-state index contributed by atoms with van der Waals surface area (Å²) in [7, 11) is 0. The Hall–Kier alpha value is -0.930. The van der Waals surface area contributed by atoms with Crippen LogP contribution in [0.25, 0.3) is 0 Å². The number of unbranched alkanes of at least 4 members (excludes halogenated alkanes) is 3. The maximum Gasteiger partial charge on any atom is 0.407 e. The van der Waals surface area contributed by atoms with Crippen LogP contribution in [0, 0.1) is 0 Å². The minimum atomic E-state index is -0.502. The fourth-order valence-electron chi connectivity index (χ4n) is 1.98. The number of carbonyl (C=O) groups is 2. The normalized spacial score (nSPS) is 10.8. The monoisotopic (exact) mass is 425 g/mol. The summed E-state index contributed by atoms with van der Waals surface area (Å²) in [6.07, 6.45) is 4.30. The zero-order valence-electron chi connectivity index (χ0n) is 17.0. The predicted octanol–water partition coefficient (Wildman–Crippen LogP) is 2.56. The van der Waals surface area contributed by atoms with Gasteiger partial charge in [0.1, 0.15) is 12.4 Å². The van der Waals surface area contributed by atoms with E-state index in [2.05, 4.69) is 5.32 Å². The van der Waals surface area contributed by atoms with Crippen LogP contribution in [0.1, 0.15) is 39.0 Å². The Morgan fingerprint density at radius 2 is 1.29 bits per heavy atom. The van der Waals surface area contributed by atoms with Crippen molar-refractivity contribution in [2.45, 2.75) is 39.0 Å². The minimum Gasteiger partial charge on any atom is -0.447 e. The van der Waals surface area contributed by atoms with Crippen molar-refractivity contribution in [3.05, 3.63) is 0 Å². The molecule has 1 amide bonds. The first kappa shape index (κ1) is 27.1. The lowest BCUT2D eigenvalue weighted by Gasteiger charge is -2.09. The number of halogens is 1. The Bertz CT molecular complexity index is 372. The molecule has 1 N–H and O–H groups in total. The first-order chi connectivity index (χ1) is 13.7. The number of alkyl halides is 1. The van der Waals surface area contributed by atoms with Gasteiger partial charge in [-0.1, -0.05) is 12.8 Å². The molecule has 0 fully saturated rings. The second kappa shape index (κ2) is 22.4. The average Bonchev–Trinajstić information content (AvgIpc) is 2.67. The highest BCUT2D eigenvalue weighted by atomic mass is 35.5. The molecule has 0 spiro atoms. The second-order valence-electron chi connectivity index (χ2n) is 6.07. The van der Waals surface area contributed by atoms with Gasteiger partial charge >= 0.3 is 6.09 Å². The molecule has 0 aliphatic carbocycles. The number of nitrogens with one attached hydrogen (secondary N) is 1. The number of amides is 1. The SMILES string of the molecule is CC(=O)CCOCCOCCOC(=O)NCCOCCOCCCCCCCl. The molecule has 0 aliphatic heterocycles. The van der Waals surface area contributed by atoms with E-state index < -0.39 is 6.09 Å². The number of ketones is 1. The summed E-state index contributed by atoms with van der Waals surface area (Å²) >= 11 is 5.61. The standard InChI is InChI=1S/C19H36ClNO7/c1-18(22)6-10-25-13-15-27-16-17-28-19(23)21-8-11-26-14-12-24-9-5-3-2-4-7-20/h2-17H2,1H3,(H,21,23). The topological polar surface area (TPSA) is 92.3 Å². The van der Waals surface area contributed by atoms with Crippen LogP contribution in [0.15, 0.2) is 0 Å². The summed E-state index contributed by atoms with van der Waals surface area (Å²) in [5.74, 6) is 0.826. The number of carbonyl (C=O) groups excluding carboxylic acids is 2. The summed E-state index contributed by atoms with van der Waals surface area (Å²) in [5, 5.41) is 2.59. The number of Topliss-reactive ketones (excluding diaryl/α,β-unsaturated/α-hetero) is 1. The van der Waals surface area contributed by atoms with E-state index in [1.807, 2.05) is 0 Å². The van der Waals surface area contributed by atoms with Crippen molar-refractivity contribution < 1.29 is 33.3 Å². The highest BCUT2D eigenvalue weighted by Crippen LogP contribution is 2.01. The summed E-state index contributed by atoms with van der Waals surface area (Å²) < 4.78 is 26.2. The molecule has 0 radical (unpaired) electrons. The lowest BCUT2D eigenvalue weighted by Crippen LogP contribution is -2.29. The lowest BCUT2D eigenvalue weighted by atomic mass is 10.2. The van der Waals surface area contributed by atoms with Gasteiger partial charge in [0.2, 0.25) is 0 Å². The van der Waals surface area contributed by atoms with Crippen LogP contribution in [0.5, 0.6) is 0 Å². The summed E-state index contributed by atoms with van der Waals surface area (Å²) in [5.41, 5.74) is 0. The van der Waals surface area contributed by atoms with Crippen molar-refractivity contribution in [3.8, 4) is 0 Å². The van der Waals surface area contributed by atoms with Crippen molar-refractivity contribution in [2.75, 3.05) is 71.9 Å². The molecule has 0 bridgehead atoms. The molecule has 8 nitrogen and oxygen atoms in total. The molecule has 0 atom stereocenters. The Morgan fingerprint density at radius 1 is 0.714 bits per heavy atom. The number of hydrogen-bond donors (Lipinski definition) is 1. The quantitative estimate of drug-likeness (QED) is 0.223. The molecule has 9 heteroatoms. The highest BCUT2D eigenvalue weighted by Gasteiger charge is 2.01. The molecule has 0 saturated heterocycles. The van der Waals surface area contributed by atoms with E-state index in [9.17, 15) is 9.59 Å². The Kier molecular flexibility index (Phi) is 21.6. The fraction of sp³-hybridized carbons (Fsp3) is 0.895. The van der Waals surface area contributed by atoms with Gasteiger partial charge in [-0.25, -0.2) is 4.79 Å². The van der Waals surface area contributed by atoms with Gasteiger partial charge in [0, 0.05) is 25.5 Å². The van der Waals surface area contributed by atoms with Gasteiger partial charge in [0.05, 0.1) is 46.2 Å². The summed E-state index contributed by atoms with van der Waals surface area (Å²) in [4.78, 5) is 22.1. The third-order valence-corrected chi connectivity index (χ3v) is 3.76. The van der Waals surface area contributed by atoms with E-state index in [0.717, 1.165) is 38.2 Å². The molecule has 166 valence electrons. The van der Waals surface area contributed by atoms with E-state index >= 15 is 0 Å². The molecule has 0 heterocycles. The van der Waals surface area contributed by atoms with Gasteiger partial charge in [-0.05, 0) is 19.8 Å². The van der Waals surface area contributed by atoms with Gasteiger partial charge in [-0.3, -0.25) is 4.79 Å². The van der Waals surface area contributed by atoms with Crippen molar-refractivity contribution >= 4 is 23.5 Å². The molecule has 0 aromatic rings. The van der Waals surface area contributed by atoms with Gasteiger partial charge in [0.15, 0.2) is 0 Å². The van der Waals surface area contributed by atoms with Crippen LogP contribution in [-0.2, 0) is 28.5 Å². The van der Waals surface area contributed by atoms with E-state index in [0.29, 0.717) is 59.2 Å². The van der Waals surface area contributed by atoms with Crippen molar-refractivity contribution in [1.29, 1.82) is 0 Å². The predicted molar refractivity (Wildman–Crippen MR) is 107 cm³/mol. The van der Waals surface area contributed by atoms with Gasteiger partial charge in [0.25, 0.3) is 0 Å². The van der Waals surface area contributed by atoms with E-state index in [1.54, 1.807) is 0 Å².